The fraction of sp³-hybridized carbons (Fsp3) is 0.211. The fourth-order valence-electron chi connectivity index (χ4n) is 3.42. The second-order valence-electron chi connectivity index (χ2n) is 6.10. The molecule has 0 saturated carbocycles. The van der Waals surface area contributed by atoms with Crippen molar-refractivity contribution in [1.29, 1.82) is 0 Å². The van der Waals surface area contributed by atoms with Gasteiger partial charge in [-0.25, -0.2) is 9.97 Å². The van der Waals surface area contributed by atoms with Gasteiger partial charge in [-0.05, 0) is 37.6 Å². The lowest BCUT2D eigenvalue weighted by atomic mass is 10.1. The summed E-state index contributed by atoms with van der Waals surface area (Å²) in [7, 11) is 0. The topological polar surface area (TPSA) is 71.8 Å². The number of amides is 1. The monoisotopic (exact) mass is 333 g/mol. The van der Waals surface area contributed by atoms with Gasteiger partial charge >= 0.3 is 0 Å². The van der Waals surface area contributed by atoms with Crippen LogP contribution < -0.4 is 10.6 Å². The third-order valence-electron chi connectivity index (χ3n) is 4.54. The van der Waals surface area contributed by atoms with E-state index in [1.807, 2.05) is 50.2 Å². The minimum atomic E-state index is -0.0187. The number of anilines is 2. The molecule has 126 valence electrons. The van der Waals surface area contributed by atoms with E-state index >= 15 is 0 Å². The number of nitrogens with one attached hydrogen (secondary N) is 2. The Hall–Kier alpha value is -3.15. The Morgan fingerprint density at radius 1 is 1.16 bits per heavy atom. The van der Waals surface area contributed by atoms with Gasteiger partial charge in [-0.15, -0.1) is 0 Å². The predicted octanol–water partition coefficient (Wildman–Crippen LogP) is 3.05. The molecule has 0 spiro atoms. The number of carbonyl (C=O) groups is 1. The van der Waals surface area contributed by atoms with Gasteiger partial charge in [-0.2, -0.15) is 0 Å². The van der Waals surface area contributed by atoms with Crippen molar-refractivity contribution in [2.45, 2.75) is 20.4 Å². The first-order valence-electron chi connectivity index (χ1n) is 8.28. The standard InChI is InChI=1S/C19H19N5O/c1-12-16(13(2)24-11-10-20-18(25)17(12)24)15-8-9-21-19(23-15)22-14-6-4-3-5-7-14/h3-9H,10-11H2,1-2H3,(H,20,25)(H,21,22,23). The molecule has 0 radical (unpaired) electrons. The molecule has 6 nitrogen and oxygen atoms in total. The van der Waals surface area contributed by atoms with Gasteiger partial charge in [0.15, 0.2) is 0 Å². The van der Waals surface area contributed by atoms with Gasteiger partial charge in [0, 0.05) is 36.2 Å². The lowest BCUT2D eigenvalue weighted by molar-refractivity contribution is 0.0926. The molecule has 1 amide bonds. The minimum absolute atomic E-state index is 0.0187. The molecule has 2 N–H and O–H groups in total. The zero-order valence-corrected chi connectivity index (χ0v) is 14.2. The molecule has 0 fully saturated rings. The van der Waals surface area contributed by atoms with E-state index in [2.05, 4.69) is 25.2 Å². The summed E-state index contributed by atoms with van der Waals surface area (Å²) < 4.78 is 2.08. The van der Waals surface area contributed by atoms with Crippen LogP contribution in [0.2, 0.25) is 0 Å². The molecule has 1 aliphatic rings. The van der Waals surface area contributed by atoms with Gasteiger partial charge in [0.05, 0.1) is 5.69 Å². The highest BCUT2D eigenvalue weighted by Gasteiger charge is 2.26. The summed E-state index contributed by atoms with van der Waals surface area (Å²) in [6.45, 7) is 5.46. The number of rotatable bonds is 3. The quantitative estimate of drug-likeness (QED) is 0.773. The van der Waals surface area contributed by atoms with Crippen LogP contribution in [0.15, 0.2) is 42.6 Å². The van der Waals surface area contributed by atoms with E-state index < -0.39 is 0 Å². The number of benzene rings is 1. The van der Waals surface area contributed by atoms with Crippen molar-refractivity contribution in [2.75, 3.05) is 11.9 Å². The highest BCUT2D eigenvalue weighted by atomic mass is 16.2. The Kier molecular flexibility index (Phi) is 3.72. The van der Waals surface area contributed by atoms with Gasteiger partial charge in [-0.1, -0.05) is 18.2 Å². The summed E-state index contributed by atoms with van der Waals surface area (Å²) in [5.74, 6) is 0.519. The van der Waals surface area contributed by atoms with Crippen molar-refractivity contribution in [3.05, 3.63) is 59.5 Å². The van der Waals surface area contributed by atoms with Gasteiger partial charge in [0.1, 0.15) is 5.69 Å². The maximum Gasteiger partial charge on any atom is 0.268 e. The Morgan fingerprint density at radius 3 is 2.72 bits per heavy atom. The normalized spacial score (nSPS) is 13.3. The maximum atomic E-state index is 12.2. The molecule has 2 aromatic heterocycles. The Balaban J connectivity index is 1.76. The maximum absolute atomic E-state index is 12.2. The van der Waals surface area contributed by atoms with Gasteiger partial charge < -0.3 is 15.2 Å². The summed E-state index contributed by atoms with van der Waals surface area (Å²) in [4.78, 5) is 21.2. The van der Waals surface area contributed by atoms with Crippen molar-refractivity contribution in [2.24, 2.45) is 0 Å². The highest BCUT2D eigenvalue weighted by molar-refractivity contribution is 5.97. The van der Waals surface area contributed by atoms with Crippen LogP contribution in [0.4, 0.5) is 11.6 Å². The summed E-state index contributed by atoms with van der Waals surface area (Å²) in [6, 6.07) is 11.7. The van der Waals surface area contributed by atoms with E-state index in [9.17, 15) is 4.79 Å². The molecular weight excluding hydrogens is 314 g/mol. The van der Waals surface area contributed by atoms with Crippen LogP contribution in [0.1, 0.15) is 21.7 Å². The van der Waals surface area contributed by atoms with Crippen LogP contribution in [0.5, 0.6) is 0 Å². The molecule has 3 aromatic rings. The molecule has 0 unspecified atom stereocenters. The summed E-state index contributed by atoms with van der Waals surface area (Å²) in [6.07, 6.45) is 1.74. The first-order chi connectivity index (χ1) is 12.1. The number of hydrogen-bond acceptors (Lipinski definition) is 4. The predicted molar refractivity (Wildman–Crippen MR) is 97.0 cm³/mol. The van der Waals surface area contributed by atoms with Crippen molar-refractivity contribution in [3.63, 3.8) is 0 Å². The van der Waals surface area contributed by atoms with Crippen molar-refractivity contribution in [1.82, 2.24) is 19.9 Å². The molecule has 0 aliphatic carbocycles. The molecule has 0 atom stereocenters. The third-order valence-corrected chi connectivity index (χ3v) is 4.54. The number of para-hydroxylation sites is 1. The van der Waals surface area contributed by atoms with E-state index in [-0.39, 0.29) is 5.91 Å². The second-order valence-corrected chi connectivity index (χ2v) is 6.10. The van der Waals surface area contributed by atoms with Crippen LogP contribution in [0.3, 0.4) is 0 Å². The Bertz CT molecular complexity index is 946. The van der Waals surface area contributed by atoms with E-state index in [4.69, 9.17) is 0 Å². The van der Waals surface area contributed by atoms with Gasteiger partial charge in [-0.3, -0.25) is 4.79 Å². The van der Waals surface area contributed by atoms with Crippen LogP contribution >= 0.6 is 0 Å². The summed E-state index contributed by atoms with van der Waals surface area (Å²) in [5.41, 5.74) is 5.51. The third kappa shape index (κ3) is 2.65. The molecule has 6 heteroatoms. The van der Waals surface area contributed by atoms with E-state index in [0.29, 0.717) is 12.5 Å². The number of hydrogen-bond donors (Lipinski definition) is 2. The molecule has 3 heterocycles. The van der Waals surface area contributed by atoms with Gasteiger partial charge in [0.25, 0.3) is 5.91 Å². The smallest absolute Gasteiger partial charge is 0.268 e. The van der Waals surface area contributed by atoms with Crippen LogP contribution in [0, 0.1) is 13.8 Å². The lowest BCUT2D eigenvalue weighted by Gasteiger charge is -2.17. The molecule has 1 aliphatic heterocycles. The lowest BCUT2D eigenvalue weighted by Crippen LogP contribution is -2.35. The minimum Gasteiger partial charge on any atom is -0.349 e. The molecule has 25 heavy (non-hydrogen) atoms. The number of nitrogens with zero attached hydrogens (tertiary/aromatic N) is 3. The van der Waals surface area contributed by atoms with E-state index in [1.165, 1.54) is 0 Å². The second kappa shape index (κ2) is 6.05. The van der Waals surface area contributed by atoms with Crippen molar-refractivity contribution < 1.29 is 4.79 Å². The fourth-order valence-corrected chi connectivity index (χ4v) is 3.42. The Labute approximate surface area is 145 Å². The Morgan fingerprint density at radius 2 is 1.96 bits per heavy atom. The SMILES string of the molecule is Cc1c(-c2ccnc(Nc3ccccc3)n2)c(C)n2c1C(=O)NCC2. The van der Waals surface area contributed by atoms with Crippen LogP contribution in [0.25, 0.3) is 11.3 Å². The first kappa shape index (κ1) is 15.4. The summed E-state index contributed by atoms with van der Waals surface area (Å²) in [5, 5.41) is 6.13. The average Bonchev–Trinajstić information content (AvgIpc) is 2.88. The van der Waals surface area contributed by atoms with Crippen molar-refractivity contribution in [3.8, 4) is 11.3 Å². The highest BCUT2D eigenvalue weighted by Crippen LogP contribution is 2.32. The molecule has 4 rings (SSSR count). The van der Waals surface area contributed by atoms with Gasteiger partial charge in [0.2, 0.25) is 5.95 Å². The first-order valence-corrected chi connectivity index (χ1v) is 8.28. The number of aromatic nitrogens is 3. The van der Waals surface area contributed by atoms with Crippen LogP contribution in [-0.2, 0) is 6.54 Å². The molecule has 1 aromatic carbocycles. The zero-order chi connectivity index (χ0) is 17.4. The molecular formula is C19H19N5O. The average molecular weight is 333 g/mol. The molecule has 0 bridgehead atoms. The number of carbonyl (C=O) groups excluding carboxylic acids is 1. The van der Waals surface area contributed by atoms with E-state index in [0.717, 1.165) is 40.4 Å². The largest absolute Gasteiger partial charge is 0.349 e. The van der Waals surface area contributed by atoms with Crippen molar-refractivity contribution >= 4 is 17.5 Å². The van der Waals surface area contributed by atoms with Crippen LogP contribution in [-0.4, -0.2) is 27.0 Å². The number of fused-ring (bicyclic) bond motifs is 1. The van der Waals surface area contributed by atoms with E-state index in [1.54, 1.807) is 6.20 Å². The molecule has 0 saturated heterocycles. The zero-order valence-electron chi connectivity index (χ0n) is 14.2. The summed E-state index contributed by atoms with van der Waals surface area (Å²) >= 11 is 0.